The van der Waals surface area contributed by atoms with Crippen molar-refractivity contribution in [3.63, 3.8) is 0 Å². The Bertz CT molecular complexity index is 1390. The van der Waals surface area contributed by atoms with Crippen LogP contribution in [0, 0.1) is 6.92 Å². The first kappa shape index (κ1) is 22.4. The number of anilines is 2. The Labute approximate surface area is 207 Å². The van der Waals surface area contributed by atoms with Crippen molar-refractivity contribution in [2.75, 3.05) is 24.7 Å². The highest BCUT2D eigenvalue weighted by Gasteiger charge is 2.10. The normalized spacial score (nSPS) is 10.7. The molecule has 35 heavy (non-hydrogen) atoms. The van der Waals surface area contributed by atoms with Gasteiger partial charge in [0.15, 0.2) is 0 Å². The molecule has 0 atom stereocenters. The summed E-state index contributed by atoms with van der Waals surface area (Å²) in [5.41, 5.74) is 12.2. The summed E-state index contributed by atoms with van der Waals surface area (Å²) >= 11 is 0. The second kappa shape index (κ2) is 9.86. The number of benzene rings is 4. The van der Waals surface area contributed by atoms with Gasteiger partial charge in [-0.25, -0.2) is 4.98 Å². The van der Waals surface area contributed by atoms with Crippen LogP contribution in [-0.2, 0) is 0 Å². The molecule has 3 heteroatoms. The Hall–Kier alpha value is -4.37. The maximum Gasteiger partial charge on any atom is 0.0716 e. The zero-order valence-corrected chi connectivity index (χ0v) is 20.3. The summed E-state index contributed by atoms with van der Waals surface area (Å²) < 4.78 is 0. The minimum atomic E-state index is 0.951. The minimum absolute atomic E-state index is 0.951. The van der Waals surface area contributed by atoms with Crippen LogP contribution in [0.3, 0.4) is 0 Å². The molecule has 0 saturated carbocycles. The van der Waals surface area contributed by atoms with Crippen LogP contribution in [0.2, 0.25) is 0 Å². The molecule has 1 aromatic heterocycles. The van der Waals surface area contributed by atoms with E-state index in [2.05, 4.69) is 127 Å². The molecular weight excluding hydrogens is 426 g/mol. The van der Waals surface area contributed by atoms with Gasteiger partial charge in [0.2, 0.25) is 0 Å². The Morgan fingerprint density at radius 3 is 1.34 bits per heavy atom. The zero-order chi connectivity index (χ0) is 24.2. The molecule has 3 nitrogen and oxygen atoms in total. The summed E-state index contributed by atoms with van der Waals surface area (Å²) in [6, 6.07) is 38.6. The van der Waals surface area contributed by atoms with Gasteiger partial charge in [0.25, 0.3) is 0 Å². The molecule has 5 rings (SSSR count). The Morgan fingerprint density at radius 1 is 0.457 bits per heavy atom. The Morgan fingerprint density at radius 2 is 0.886 bits per heavy atom. The Balaban J connectivity index is 1.61. The lowest BCUT2D eigenvalue weighted by Crippen LogP contribution is -1.94. The fraction of sp³-hybridized carbons (Fsp3) is 0.0938. The topological polar surface area (TPSA) is 37.0 Å². The quantitative estimate of drug-likeness (QED) is 0.271. The minimum Gasteiger partial charge on any atom is -0.388 e. The molecule has 5 aromatic rings. The summed E-state index contributed by atoms with van der Waals surface area (Å²) in [6.07, 6.45) is 0. The molecule has 0 fully saturated rings. The summed E-state index contributed by atoms with van der Waals surface area (Å²) in [5.74, 6) is 0. The van der Waals surface area contributed by atoms with E-state index in [4.69, 9.17) is 4.98 Å². The van der Waals surface area contributed by atoms with E-state index in [1.807, 2.05) is 14.1 Å². The van der Waals surface area contributed by atoms with Crippen LogP contribution in [0.5, 0.6) is 0 Å². The number of hydrogen-bond donors (Lipinski definition) is 2. The van der Waals surface area contributed by atoms with Gasteiger partial charge in [0, 0.05) is 36.6 Å². The van der Waals surface area contributed by atoms with Crippen LogP contribution >= 0.6 is 0 Å². The first-order chi connectivity index (χ1) is 17.1. The van der Waals surface area contributed by atoms with E-state index in [0.29, 0.717) is 0 Å². The molecule has 0 aliphatic rings. The van der Waals surface area contributed by atoms with Crippen molar-refractivity contribution in [2.45, 2.75) is 6.92 Å². The summed E-state index contributed by atoms with van der Waals surface area (Å²) in [7, 11) is 3.88. The Kier molecular flexibility index (Phi) is 6.32. The highest BCUT2D eigenvalue weighted by Crippen LogP contribution is 2.33. The van der Waals surface area contributed by atoms with Gasteiger partial charge in [0.05, 0.1) is 11.4 Å². The summed E-state index contributed by atoms with van der Waals surface area (Å²) in [5, 5.41) is 6.47. The van der Waals surface area contributed by atoms with E-state index in [9.17, 15) is 0 Å². The van der Waals surface area contributed by atoms with Crippen molar-refractivity contribution in [3.8, 4) is 44.8 Å². The van der Waals surface area contributed by atoms with E-state index >= 15 is 0 Å². The maximum absolute atomic E-state index is 5.07. The molecule has 4 aromatic carbocycles. The van der Waals surface area contributed by atoms with E-state index < -0.39 is 0 Å². The van der Waals surface area contributed by atoms with E-state index in [1.54, 1.807) is 0 Å². The van der Waals surface area contributed by atoms with Gasteiger partial charge in [-0.1, -0.05) is 78.4 Å². The zero-order valence-electron chi connectivity index (χ0n) is 20.3. The van der Waals surface area contributed by atoms with Gasteiger partial charge >= 0.3 is 0 Å². The molecule has 0 saturated heterocycles. The first-order valence-corrected chi connectivity index (χ1v) is 11.9. The molecule has 0 amide bonds. The molecular formula is C32H29N3. The molecule has 0 spiro atoms. The number of aryl methyl sites for hydroxylation is 1. The standard InChI is InChI=1S/C32H29N3/c1-22-10-12-23(13-11-22)24-14-16-25(17-15-24)28-20-31(26-6-4-8-29(18-26)33-2)35-32(21-28)27-7-5-9-30(19-27)34-3/h4-21,33-34H,1-3H3. The molecule has 172 valence electrons. The fourth-order valence-corrected chi connectivity index (χ4v) is 4.26. The second-order valence-corrected chi connectivity index (χ2v) is 8.73. The lowest BCUT2D eigenvalue weighted by Gasteiger charge is -2.12. The molecule has 0 bridgehead atoms. The van der Waals surface area contributed by atoms with Gasteiger partial charge in [-0.3, -0.25) is 0 Å². The predicted molar refractivity (Wildman–Crippen MR) is 150 cm³/mol. The van der Waals surface area contributed by atoms with Crippen molar-refractivity contribution in [2.24, 2.45) is 0 Å². The van der Waals surface area contributed by atoms with Crippen molar-refractivity contribution in [1.29, 1.82) is 0 Å². The highest BCUT2D eigenvalue weighted by atomic mass is 14.8. The average molecular weight is 456 g/mol. The van der Waals surface area contributed by atoms with Crippen LogP contribution in [0.4, 0.5) is 11.4 Å². The van der Waals surface area contributed by atoms with Crippen molar-refractivity contribution < 1.29 is 0 Å². The number of aromatic nitrogens is 1. The number of hydrogen-bond acceptors (Lipinski definition) is 3. The van der Waals surface area contributed by atoms with Crippen molar-refractivity contribution >= 4 is 11.4 Å². The lowest BCUT2D eigenvalue weighted by atomic mass is 9.97. The van der Waals surface area contributed by atoms with Crippen LogP contribution < -0.4 is 10.6 Å². The monoisotopic (exact) mass is 455 g/mol. The van der Waals surface area contributed by atoms with Gasteiger partial charge in [0.1, 0.15) is 0 Å². The average Bonchev–Trinajstić information content (AvgIpc) is 2.93. The maximum atomic E-state index is 5.07. The van der Waals surface area contributed by atoms with Crippen molar-refractivity contribution in [3.05, 3.63) is 115 Å². The van der Waals surface area contributed by atoms with E-state index in [1.165, 1.54) is 22.3 Å². The van der Waals surface area contributed by atoms with Gasteiger partial charge in [-0.05, 0) is 65.6 Å². The van der Waals surface area contributed by atoms with E-state index in [0.717, 1.165) is 39.5 Å². The summed E-state index contributed by atoms with van der Waals surface area (Å²) in [4.78, 5) is 5.07. The molecule has 0 aliphatic heterocycles. The van der Waals surface area contributed by atoms with Crippen molar-refractivity contribution in [1.82, 2.24) is 4.98 Å². The van der Waals surface area contributed by atoms with Gasteiger partial charge in [-0.2, -0.15) is 0 Å². The smallest absolute Gasteiger partial charge is 0.0716 e. The third-order valence-corrected chi connectivity index (χ3v) is 6.32. The fourth-order valence-electron chi connectivity index (χ4n) is 4.26. The summed E-state index contributed by atoms with van der Waals surface area (Å²) in [6.45, 7) is 2.12. The SMILES string of the molecule is CNc1cccc(-c2cc(-c3ccc(-c4ccc(C)cc4)cc3)cc(-c3cccc(NC)c3)n2)c1. The molecule has 0 unspecified atom stereocenters. The third kappa shape index (κ3) is 4.95. The molecule has 1 heterocycles. The number of nitrogens with one attached hydrogen (secondary N) is 2. The molecule has 2 N–H and O–H groups in total. The molecule has 0 aliphatic carbocycles. The molecule has 0 radical (unpaired) electrons. The predicted octanol–water partition coefficient (Wildman–Crippen LogP) is 8.14. The second-order valence-electron chi connectivity index (χ2n) is 8.73. The number of rotatable bonds is 6. The van der Waals surface area contributed by atoms with Crippen LogP contribution in [0.25, 0.3) is 44.8 Å². The van der Waals surface area contributed by atoms with Crippen LogP contribution in [0.1, 0.15) is 5.56 Å². The van der Waals surface area contributed by atoms with Gasteiger partial charge in [-0.15, -0.1) is 0 Å². The van der Waals surface area contributed by atoms with Crippen LogP contribution in [-0.4, -0.2) is 19.1 Å². The van der Waals surface area contributed by atoms with E-state index in [-0.39, 0.29) is 0 Å². The largest absolute Gasteiger partial charge is 0.388 e. The third-order valence-electron chi connectivity index (χ3n) is 6.32. The lowest BCUT2D eigenvalue weighted by molar-refractivity contribution is 1.32. The first-order valence-electron chi connectivity index (χ1n) is 11.9. The highest BCUT2D eigenvalue weighted by molar-refractivity contribution is 5.79. The number of pyridine rings is 1. The number of nitrogens with zero attached hydrogens (tertiary/aromatic N) is 1. The van der Waals surface area contributed by atoms with Crippen LogP contribution in [0.15, 0.2) is 109 Å². The van der Waals surface area contributed by atoms with Gasteiger partial charge < -0.3 is 10.6 Å².